The van der Waals surface area contributed by atoms with Crippen molar-refractivity contribution in [2.45, 2.75) is 45.3 Å². The van der Waals surface area contributed by atoms with E-state index in [9.17, 15) is 9.59 Å². The lowest BCUT2D eigenvalue weighted by atomic mass is 10.2. The molecule has 1 unspecified atom stereocenters. The van der Waals surface area contributed by atoms with E-state index in [0.29, 0.717) is 18.5 Å². The van der Waals surface area contributed by atoms with Crippen molar-refractivity contribution in [1.29, 1.82) is 0 Å². The van der Waals surface area contributed by atoms with Crippen LogP contribution in [-0.2, 0) is 9.53 Å². The lowest BCUT2D eigenvalue weighted by Crippen LogP contribution is -2.36. The van der Waals surface area contributed by atoms with Gasteiger partial charge in [0.15, 0.2) is 11.8 Å². The second kappa shape index (κ2) is 6.36. The van der Waals surface area contributed by atoms with E-state index in [1.165, 1.54) is 6.20 Å². The Morgan fingerprint density at radius 1 is 1.39 bits per heavy atom. The van der Waals surface area contributed by atoms with Crippen molar-refractivity contribution in [1.82, 2.24) is 20.1 Å². The molecule has 0 aromatic carbocycles. The lowest BCUT2D eigenvalue weighted by Gasteiger charge is -2.14. The summed E-state index contributed by atoms with van der Waals surface area (Å²) < 4.78 is 7.15. The van der Waals surface area contributed by atoms with Crippen LogP contribution in [-0.4, -0.2) is 39.3 Å². The molecule has 1 aliphatic rings. The van der Waals surface area contributed by atoms with Crippen molar-refractivity contribution in [3.8, 4) is 0 Å². The Hall–Kier alpha value is -2.44. The maximum Gasteiger partial charge on any atom is 0.340 e. The van der Waals surface area contributed by atoms with Crippen LogP contribution in [0.4, 0.5) is 0 Å². The fourth-order valence-corrected chi connectivity index (χ4v) is 2.65. The first-order chi connectivity index (χ1) is 11.1. The molecule has 1 N–H and O–H groups in total. The molecule has 1 saturated heterocycles. The zero-order valence-corrected chi connectivity index (χ0v) is 13.3. The minimum Gasteiger partial charge on any atom is -0.449 e. The molecule has 7 nitrogen and oxygen atoms in total. The van der Waals surface area contributed by atoms with E-state index in [1.807, 2.05) is 13.8 Å². The van der Waals surface area contributed by atoms with Crippen molar-refractivity contribution in [3.63, 3.8) is 0 Å². The Bertz CT molecular complexity index is 738. The number of aromatic nitrogens is 3. The van der Waals surface area contributed by atoms with Crippen molar-refractivity contribution < 1.29 is 14.3 Å². The predicted molar refractivity (Wildman–Crippen MR) is 84.0 cm³/mol. The smallest absolute Gasteiger partial charge is 0.340 e. The number of nitrogens with zero attached hydrogens (tertiary/aromatic N) is 3. The maximum absolute atomic E-state index is 12.3. The van der Waals surface area contributed by atoms with E-state index in [2.05, 4.69) is 15.4 Å². The molecule has 1 amide bonds. The summed E-state index contributed by atoms with van der Waals surface area (Å²) in [5, 5.41) is 7.80. The van der Waals surface area contributed by atoms with Gasteiger partial charge in [-0.1, -0.05) is 0 Å². The second-order valence-corrected chi connectivity index (χ2v) is 6.00. The third-order valence-corrected chi connectivity index (χ3v) is 3.89. The number of fused-ring (bicyclic) bond motifs is 1. The molecule has 0 spiro atoms. The van der Waals surface area contributed by atoms with Gasteiger partial charge in [0.1, 0.15) is 0 Å². The fourth-order valence-electron chi connectivity index (χ4n) is 2.65. The SMILES string of the molecule is CC(C)n1ncc2cc(C(=O)OC3CCCCNC3=O)cnc21. The van der Waals surface area contributed by atoms with Gasteiger partial charge in [-0.25, -0.2) is 14.5 Å². The first kappa shape index (κ1) is 15.5. The highest BCUT2D eigenvalue weighted by Crippen LogP contribution is 2.18. The standard InChI is InChI=1S/C16H20N4O3/c1-10(2)20-14-11(9-19-20)7-12(8-18-14)16(22)23-13-5-3-4-6-17-15(13)21/h7-10,13H,3-6H2,1-2H3,(H,17,21). The van der Waals surface area contributed by atoms with Gasteiger partial charge in [-0.05, 0) is 39.2 Å². The minimum atomic E-state index is -0.723. The summed E-state index contributed by atoms with van der Waals surface area (Å²) in [6.07, 6.45) is 4.74. The summed E-state index contributed by atoms with van der Waals surface area (Å²) in [5.41, 5.74) is 1.06. The Morgan fingerprint density at radius 3 is 3.00 bits per heavy atom. The van der Waals surface area contributed by atoms with Crippen LogP contribution >= 0.6 is 0 Å². The molecule has 122 valence electrons. The molecule has 0 saturated carbocycles. The highest BCUT2D eigenvalue weighted by Gasteiger charge is 2.25. The van der Waals surface area contributed by atoms with Crippen molar-refractivity contribution >= 4 is 22.9 Å². The molecule has 7 heteroatoms. The van der Waals surface area contributed by atoms with Crippen LogP contribution < -0.4 is 5.32 Å². The third kappa shape index (κ3) is 3.18. The molecule has 0 aliphatic carbocycles. The number of hydrogen-bond acceptors (Lipinski definition) is 5. The van der Waals surface area contributed by atoms with E-state index in [-0.39, 0.29) is 11.9 Å². The number of amides is 1. The number of hydrogen-bond donors (Lipinski definition) is 1. The van der Waals surface area contributed by atoms with Gasteiger partial charge < -0.3 is 10.1 Å². The normalized spacial score (nSPS) is 18.7. The van der Waals surface area contributed by atoms with Gasteiger partial charge in [0.05, 0.1) is 11.8 Å². The van der Waals surface area contributed by atoms with Gasteiger partial charge in [-0.3, -0.25) is 4.79 Å². The van der Waals surface area contributed by atoms with Crippen molar-refractivity contribution in [3.05, 3.63) is 24.0 Å². The average molecular weight is 316 g/mol. The molecule has 1 aliphatic heterocycles. The Kier molecular flexibility index (Phi) is 4.27. The zero-order chi connectivity index (χ0) is 16.4. The summed E-state index contributed by atoms with van der Waals surface area (Å²) in [5.74, 6) is -0.753. The number of carbonyl (C=O) groups excluding carboxylic acids is 2. The number of esters is 1. The Balaban J connectivity index is 1.79. The monoisotopic (exact) mass is 316 g/mol. The molecule has 1 fully saturated rings. The quantitative estimate of drug-likeness (QED) is 0.873. The van der Waals surface area contributed by atoms with E-state index in [1.54, 1.807) is 16.9 Å². The fraction of sp³-hybridized carbons (Fsp3) is 0.500. The van der Waals surface area contributed by atoms with Crippen LogP contribution in [0.2, 0.25) is 0 Å². The van der Waals surface area contributed by atoms with Gasteiger partial charge in [0, 0.05) is 24.2 Å². The van der Waals surface area contributed by atoms with Gasteiger partial charge in [-0.2, -0.15) is 5.10 Å². The second-order valence-electron chi connectivity index (χ2n) is 6.00. The van der Waals surface area contributed by atoms with Crippen LogP contribution in [0, 0.1) is 0 Å². The molecule has 0 bridgehead atoms. The molecule has 23 heavy (non-hydrogen) atoms. The highest BCUT2D eigenvalue weighted by atomic mass is 16.5. The topological polar surface area (TPSA) is 86.1 Å². The van der Waals surface area contributed by atoms with Crippen molar-refractivity contribution in [2.24, 2.45) is 0 Å². The zero-order valence-electron chi connectivity index (χ0n) is 13.3. The summed E-state index contributed by atoms with van der Waals surface area (Å²) in [7, 11) is 0. The van der Waals surface area contributed by atoms with Crippen LogP contribution in [0.1, 0.15) is 49.5 Å². The van der Waals surface area contributed by atoms with E-state index >= 15 is 0 Å². The molecule has 2 aromatic rings. The van der Waals surface area contributed by atoms with Crippen LogP contribution in [0.3, 0.4) is 0 Å². The highest BCUT2D eigenvalue weighted by molar-refractivity contribution is 5.94. The molecule has 2 aromatic heterocycles. The Morgan fingerprint density at radius 2 is 2.22 bits per heavy atom. The predicted octanol–water partition coefficient (Wildman–Crippen LogP) is 1.84. The van der Waals surface area contributed by atoms with E-state index in [4.69, 9.17) is 4.74 Å². The largest absolute Gasteiger partial charge is 0.449 e. The van der Waals surface area contributed by atoms with E-state index < -0.39 is 12.1 Å². The van der Waals surface area contributed by atoms with E-state index in [0.717, 1.165) is 23.9 Å². The molecular weight excluding hydrogens is 296 g/mol. The number of pyridine rings is 1. The van der Waals surface area contributed by atoms with Gasteiger partial charge >= 0.3 is 5.97 Å². The average Bonchev–Trinajstić information content (AvgIpc) is 2.86. The summed E-state index contributed by atoms with van der Waals surface area (Å²) in [6, 6.07) is 1.89. The lowest BCUT2D eigenvalue weighted by molar-refractivity contribution is -0.129. The van der Waals surface area contributed by atoms with Crippen LogP contribution in [0.5, 0.6) is 0 Å². The maximum atomic E-state index is 12.3. The van der Waals surface area contributed by atoms with Crippen LogP contribution in [0.15, 0.2) is 18.5 Å². The molecular formula is C16H20N4O3. The van der Waals surface area contributed by atoms with Crippen LogP contribution in [0.25, 0.3) is 11.0 Å². The minimum absolute atomic E-state index is 0.187. The summed E-state index contributed by atoms with van der Waals surface area (Å²) >= 11 is 0. The Labute approximate surface area is 134 Å². The summed E-state index contributed by atoms with van der Waals surface area (Å²) in [4.78, 5) is 28.5. The summed E-state index contributed by atoms with van der Waals surface area (Å²) in [6.45, 7) is 4.66. The van der Waals surface area contributed by atoms with Crippen molar-refractivity contribution in [2.75, 3.05) is 6.54 Å². The number of ether oxygens (including phenoxy) is 1. The molecule has 3 rings (SSSR count). The van der Waals surface area contributed by atoms with Gasteiger partial charge in [0.25, 0.3) is 5.91 Å². The van der Waals surface area contributed by atoms with Gasteiger partial charge in [-0.15, -0.1) is 0 Å². The first-order valence-electron chi connectivity index (χ1n) is 7.88. The number of nitrogens with one attached hydrogen (secondary N) is 1. The molecule has 1 atom stereocenters. The molecule has 3 heterocycles. The van der Waals surface area contributed by atoms with Gasteiger partial charge in [0.2, 0.25) is 0 Å². The molecule has 0 radical (unpaired) electrons. The first-order valence-corrected chi connectivity index (χ1v) is 7.88. The number of rotatable bonds is 3. The number of carbonyl (C=O) groups is 2. The third-order valence-electron chi connectivity index (χ3n) is 3.89.